The first-order valence-electron chi connectivity index (χ1n) is 8.74. The van der Waals surface area contributed by atoms with Gasteiger partial charge in [-0.3, -0.25) is 14.5 Å². The van der Waals surface area contributed by atoms with Crippen molar-refractivity contribution in [2.24, 2.45) is 4.99 Å². The van der Waals surface area contributed by atoms with Crippen LogP contribution in [0.1, 0.15) is 18.9 Å². The molecule has 1 unspecified atom stereocenters. The molecule has 2 amide bonds. The van der Waals surface area contributed by atoms with Gasteiger partial charge in [-0.15, -0.1) is 0 Å². The third kappa shape index (κ3) is 4.69. The molecule has 146 valence electrons. The first-order valence-corrected chi connectivity index (χ1v) is 10.4. The normalized spacial score (nSPS) is 18.0. The molecule has 3 rings (SSSR count). The summed E-state index contributed by atoms with van der Waals surface area (Å²) in [6.45, 7) is 2.06. The van der Waals surface area contributed by atoms with Crippen molar-refractivity contribution in [3.63, 3.8) is 0 Å². The number of amides is 2. The van der Waals surface area contributed by atoms with Crippen LogP contribution in [0.5, 0.6) is 0 Å². The number of rotatable bonds is 5. The number of carbonyl (C=O) groups is 2. The molecule has 0 radical (unpaired) electrons. The first-order chi connectivity index (χ1) is 13.4. The van der Waals surface area contributed by atoms with Crippen molar-refractivity contribution in [3.8, 4) is 0 Å². The van der Waals surface area contributed by atoms with Gasteiger partial charge in [0.15, 0.2) is 5.17 Å². The van der Waals surface area contributed by atoms with E-state index in [1.165, 1.54) is 16.7 Å². The summed E-state index contributed by atoms with van der Waals surface area (Å²) in [5, 5.41) is 3.60. The van der Waals surface area contributed by atoms with E-state index in [9.17, 15) is 9.59 Å². The minimum atomic E-state index is -0.514. The van der Waals surface area contributed by atoms with Crippen LogP contribution in [-0.4, -0.2) is 34.2 Å². The number of hydrogen-bond acceptors (Lipinski definition) is 4. The zero-order valence-corrected chi connectivity index (χ0v) is 17.7. The van der Waals surface area contributed by atoms with Crippen LogP contribution < -0.4 is 5.32 Å². The van der Waals surface area contributed by atoms with Crippen LogP contribution in [0.4, 0.5) is 11.4 Å². The van der Waals surface area contributed by atoms with Crippen molar-refractivity contribution < 1.29 is 9.59 Å². The summed E-state index contributed by atoms with van der Waals surface area (Å²) in [4.78, 5) is 31.1. The lowest BCUT2D eigenvalue weighted by molar-refractivity contribution is -0.127. The van der Waals surface area contributed by atoms with Gasteiger partial charge in [0.25, 0.3) is 0 Å². The van der Waals surface area contributed by atoms with Gasteiger partial charge >= 0.3 is 0 Å². The standard InChI is InChI=1S/C20H19Cl2N3O2S/c1-3-12-6-4-5-7-16(12)24-20-25(2)19(27)17(28-20)11-18(26)23-13-8-9-14(21)15(22)10-13/h4-10,17H,3,11H2,1-2H3,(H,23,26). The highest BCUT2D eigenvalue weighted by Crippen LogP contribution is 2.32. The van der Waals surface area contributed by atoms with Gasteiger partial charge in [-0.05, 0) is 36.2 Å². The Morgan fingerprint density at radius 2 is 1.96 bits per heavy atom. The van der Waals surface area contributed by atoms with Gasteiger partial charge in [-0.2, -0.15) is 0 Å². The van der Waals surface area contributed by atoms with Crippen LogP contribution in [0.25, 0.3) is 0 Å². The first kappa shape index (κ1) is 20.7. The molecule has 28 heavy (non-hydrogen) atoms. The van der Waals surface area contributed by atoms with E-state index in [0.717, 1.165) is 17.7 Å². The van der Waals surface area contributed by atoms with Gasteiger partial charge in [0.2, 0.25) is 11.8 Å². The summed E-state index contributed by atoms with van der Waals surface area (Å²) in [6.07, 6.45) is 0.896. The second kappa shape index (κ2) is 8.99. The predicted molar refractivity (Wildman–Crippen MR) is 117 cm³/mol. The van der Waals surface area contributed by atoms with Crippen molar-refractivity contribution in [2.75, 3.05) is 12.4 Å². The topological polar surface area (TPSA) is 61.8 Å². The zero-order chi connectivity index (χ0) is 20.3. The van der Waals surface area contributed by atoms with Crippen molar-refractivity contribution in [1.82, 2.24) is 4.90 Å². The van der Waals surface area contributed by atoms with Crippen LogP contribution in [0.15, 0.2) is 47.5 Å². The fourth-order valence-electron chi connectivity index (χ4n) is 2.77. The summed E-state index contributed by atoms with van der Waals surface area (Å²) in [7, 11) is 1.68. The predicted octanol–water partition coefficient (Wildman–Crippen LogP) is 5.15. The number of aliphatic imine (C=N–C) groups is 1. The van der Waals surface area contributed by atoms with E-state index < -0.39 is 5.25 Å². The fraction of sp³-hybridized carbons (Fsp3) is 0.250. The van der Waals surface area contributed by atoms with Crippen molar-refractivity contribution in [2.45, 2.75) is 25.0 Å². The lowest BCUT2D eigenvalue weighted by Crippen LogP contribution is -2.30. The van der Waals surface area contributed by atoms with Crippen LogP contribution in [0.2, 0.25) is 10.0 Å². The average molecular weight is 436 g/mol. The van der Waals surface area contributed by atoms with Crippen LogP contribution in [0.3, 0.4) is 0 Å². The minimum Gasteiger partial charge on any atom is -0.326 e. The molecule has 1 N–H and O–H groups in total. The summed E-state index contributed by atoms with van der Waals surface area (Å²) >= 11 is 13.2. The maximum Gasteiger partial charge on any atom is 0.242 e. The highest BCUT2D eigenvalue weighted by molar-refractivity contribution is 8.15. The van der Waals surface area contributed by atoms with Gasteiger partial charge in [0, 0.05) is 19.2 Å². The summed E-state index contributed by atoms with van der Waals surface area (Å²) < 4.78 is 0. The Morgan fingerprint density at radius 1 is 1.21 bits per heavy atom. The Labute approximate surface area is 178 Å². The van der Waals surface area contributed by atoms with Crippen LogP contribution >= 0.6 is 35.0 Å². The van der Waals surface area contributed by atoms with Gasteiger partial charge < -0.3 is 5.32 Å². The summed E-state index contributed by atoms with van der Waals surface area (Å²) in [5.41, 5.74) is 2.49. The number of aryl methyl sites for hydroxylation is 1. The molecule has 0 spiro atoms. The highest BCUT2D eigenvalue weighted by atomic mass is 35.5. The molecule has 0 aliphatic carbocycles. The van der Waals surface area contributed by atoms with Gasteiger partial charge in [0.1, 0.15) is 5.25 Å². The number of anilines is 1. The Morgan fingerprint density at radius 3 is 2.68 bits per heavy atom. The zero-order valence-electron chi connectivity index (χ0n) is 15.4. The number of carbonyl (C=O) groups excluding carboxylic acids is 2. The Balaban J connectivity index is 1.70. The number of halogens is 2. The fourth-order valence-corrected chi connectivity index (χ4v) is 4.22. The van der Waals surface area contributed by atoms with E-state index in [4.69, 9.17) is 23.2 Å². The lowest BCUT2D eigenvalue weighted by atomic mass is 10.1. The molecule has 1 heterocycles. The van der Waals surface area contributed by atoms with Gasteiger partial charge in [0.05, 0.1) is 15.7 Å². The monoisotopic (exact) mass is 435 g/mol. The molecule has 0 bridgehead atoms. The molecule has 2 aromatic carbocycles. The molecule has 1 fully saturated rings. The number of nitrogens with zero attached hydrogens (tertiary/aromatic N) is 2. The van der Waals surface area contributed by atoms with Crippen molar-refractivity contribution in [3.05, 3.63) is 58.1 Å². The number of amidine groups is 1. The van der Waals surface area contributed by atoms with E-state index in [1.807, 2.05) is 24.3 Å². The molecule has 0 aromatic heterocycles. The Kier molecular flexibility index (Phi) is 6.65. The second-order valence-electron chi connectivity index (χ2n) is 6.26. The van der Waals surface area contributed by atoms with Gasteiger partial charge in [-0.25, -0.2) is 4.99 Å². The highest BCUT2D eigenvalue weighted by Gasteiger charge is 2.37. The number of para-hydroxylation sites is 1. The number of benzene rings is 2. The van der Waals surface area contributed by atoms with E-state index >= 15 is 0 Å². The quantitative estimate of drug-likeness (QED) is 0.706. The summed E-state index contributed by atoms with van der Waals surface area (Å²) in [6, 6.07) is 12.7. The number of hydrogen-bond donors (Lipinski definition) is 1. The lowest BCUT2D eigenvalue weighted by Gasteiger charge is -2.10. The third-order valence-electron chi connectivity index (χ3n) is 4.30. The smallest absolute Gasteiger partial charge is 0.242 e. The third-order valence-corrected chi connectivity index (χ3v) is 6.27. The Bertz CT molecular complexity index is 949. The number of thioether (sulfide) groups is 1. The van der Waals surface area contributed by atoms with Crippen molar-refractivity contribution in [1.29, 1.82) is 0 Å². The largest absolute Gasteiger partial charge is 0.326 e. The SMILES string of the molecule is CCc1ccccc1N=C1SC(CC(=O)Nc2ccc(Cl)c(Cl)c2)C(=O)N1C. The molecule has 1 aliphatic rings. The molecule has 8 heteroatoms. The molecule has 5 nitrogen and oxygen atoms in total. The van der Waals surface area contributed by atoms with E-state index in [-0.39, 0.29) is 18.2 Å². The van der Waals surface area contributed by atoms with Crippen LogP contribution in [0, 0.1) is 0 Å². The molecule has 1 atom stereocenters. The number of nitrogens with one attached hydrogen (secondary N) is 1. The minimum absolute atomic E-state index is 0.0442. The molecular weight excluding hydrogens is 417 g/mol. The van der Waals surface area contributed by atoms with E-state index in [1.54, 1.807) is 25.2 Å². The molecule has 0 saturated carbocycles. The maximum atomic E-state index is 12.6. The molecule has 1 saturated heterocycles. The molecule has 2 aromatic rings. The second-order valence-corrected chi connectivity index (χ2v) is 8.25. The molecule has 1 aliphatic heterocycles. The Hall–Kier alpha value is -2.02. The maximum absolute atomic E-state index is 12.6. The summed E-state index contributed by atoms with van der Waals surface area (Å²) in [5.74, 6) is -0.408. The molecular formula is C20H19Cl2N3O2S. The van der Waals surface area contributed by atoms with Crippen molar-refractivity contribution >= 4 is 63.3 Å². The van der Waals surface area contributed by atoms with Crippen LogP contribution in [-0.2, 0) is 16.0 Å². The average Bonchev–Trinajstić information content (AvgIpc) is 2.93. The van der Waals surface area contributed by atoms with E-state index in [0.29, 0.717) is 20.9 Å². The van der Waals surface area contributed by atoms with E-state index in [2.05, 4.69) is 17.2 Å². The van der Waals surface area contributed by atoms with Gasteiger partial charge in [-0.1, -0.05) is 60.1 Å².